The number of ether oxygens (including phenoxy) is 4. The second-order valence-electron chi connectivity index (χ2n) is 10.7. The van der Waals surface area contributed by atoms with Crippen molar-refractivity contribution in [2.45, 2.75) is 83.5 Å². The van der Waals surface area contributed by atoms with Crippen LogP contribution in [0.3, 0.4) is 0 Å². The van der Waals surface area contributed by atoms with Crippen LogP contribution >= 0.6 is 0 Å². The molecule has 8 nitrogen and oxygen atoms in total. The lowest BCUT2D eigenvalue weighted by Crippen LogP contribution is -2.48. The van der Waals surface area contributed by atoms with Gasteiger partial charge in [-0.25, -0.2) is 0 Å². The van der Waals surface area contributed by atoms with Gasteiger partial charge in [-0.1, -0.05) is 39.2 Å². The predicted molar refractivity (Wildman–Crippen MR) is 146 cm³/mol. The third kappa shape index (κ3) is 10.4. The molecule has 1 aromatic carbocycles. The Hall–Kier alpha value is -1.87. The first kappa shape index (κ1) is 31.3. The van der Waals surface area contributed by atoms with Gasteiger partial charge in [0.1, 0.15) is 6.10 Å². The molecule has 0 heterocycles. The van der Waals surface area contributed by atoms with Gasteiger partial charge in [0.05, 0.1) is 19.8 Å². The van der Waals surface area contributed by atoms with Crippen LogP contribution in [0, 0.1) is 17.8 Å². The van der Waals surface area contributed by atoms with Gasteiger partial charge >= 0.3 is 0 Å². The van der Waals surface area contributed by atoms with Crippen molar-refractivity contribution in [3.63, 3.8) is 0 Å². The third-order valence-electron chi connectivity index (χ3n) is 7.56. The summed E-state index contributed by atoms with van der Waals surface area (Å²) in [6, 6.07) is 5.56. The normalized spacial score (nSPS) is 17.7. The molecular formula is C29H50N2O6. The molecular weight excluding hydrogens is 472 g/mol. The number of benzene rings is 1. The number of hydrogen-bond donors (Lipinski definition) is 3. The van der Waals surface area contributed by atoms with Crippen LogP contribution in [-0.4, -0.2) is 70.4 Å². The van der Waals surface area contributed by atoms with Crippen molar-refractivity contribution < 1.29 is 28.8 Å². The summed E-state index contributed by atoms with van der Waals surface area (Å²) in [5, 5.41) is 13.6. The highest BCUT2D eigenvalue weighted by molar-refractivity contribution is 5.81. The minimum Gasteiger partial charge on any atom is -0.493 e. The number of amides is 1. The molecule has 37 heavy (non-hydrogen) atoms. The van der Waals surface area contributed by atoms with E-state index in [0.29, 0.717) is 31.3 Å². The molecule has 8 heteroatoms. The standard InChI is InChI=1S/C29H50N2O6/c1-20(2)23(16-21-12-13-26(35-4)27(17-21)37-15-9-14-34-3)18-24(30)25(32)19-31-29(33)28(36-5)22-10-7-6-8-11-22/h12-13,17,20,22-25,28,32H,6-11,14-16,18-19,30H2,1-5H3,(H,31,33)/t23-,24-,25-,28+/m0/s1. The van der Waals surface area contributed by atoms with Crippen molar-refractivity contribution in [2.75, 3.05) is 41.1 Å². The molecule has 2 rings (SSSR count). The number of hydrogen-bond acceptors (Lipinski definition) is 7. The smallest absolute Gasteiger partial charge is 0.249 e. The van der Waals surface area contributed by atoms with E-state index in [1.807, 2.05) is 12.1 Å². The molecule has 1 amide bonds. The Morgan fingerprint density at radius 1 is 1.11 bits per heavy atom. The van der Waals surface area contributed by atoms with Crippen LogP contribution in [0.5, 0.6) is 11.5 Å². The maximum atomic E-state index is 12.8. The summed E-state index contributed by atoms with van der Waals surface area (Å²) < 4.78 is 22.0. The summed E-state index contributed by atoms with van der Waals surface area (Å²) in [5.74, 6) is 2.13. The van der Waals surface area contributed by atoms with Crippen LogP contribution in [0.1, 0.15) is 64.4 Å². The Kier molecular flexibility index (Phi) is 14.3. The summed E-state index contributed by atoms with van der Waals surface area (Å²) >= 11 is 0. The van der Waals surface area contributed by atoms with Crippen LogP contribution in [0.2, 0.25) is 0 Å². The molecule has 1 fully saturated rings. The zero-order chi connectivity index (χ0) is 27.2. The molecule has 1 aliphatic rings. The highest BCUT2D eigenvalue weighted by atomic mass is 16.5. The topological polar surface area (TPSA) is 112 Å². The fourth-order valence-corrected chi connectivity index (χ4v) is 5.15. The van der Waals surface area contributed by atoms with E-state index in [-0.39, 0.29) is 24.3 Å². The van der Waals surface area contributed by atoms with Crippen LogP contribution in [0.15, 0.2) is 18.2 Å². The molecule has 4 N–H and O–H groups in total. The van der Waals surface area contributed by atoms with E-state index >= 15 is 0 Å². The second-order valence-corrected chi connectivity index (χ2v) is 10.7. The molecule has 4 atom stereocenters. The van der Waals surface area contributed by atoms with Gasteiger partial charge in [0, 0.05) is 39.8 Å². The predicted octanol–water partition coefficient (Wildman–Crippen LogP) is 3.72. The van der Waals surface area contributed by atoms with E-state index in [1.54, 1.807) is 21.3 Å². The number of aliphatic hydroxyl groups excluding tert-OH is 1. The molecule has 0 aromatic heterocycles. The fraction of sp³-hybridized carbons (Fsp3) is 0.759. The molecule has 0 bridgehead atoms. The van der Waals surface area contributed by atoms with Crippen LogP contribution < -0.4 is 20.5 Å². The van der Waals surface area contributed by atoms with Crippen LogP contribution in [0.4, 0.5) is 0 Å². The molecule has 0 aliphatic heterocycles. The number of carbonyl (C=O) groups is 1. The molecule has 1 aliphatic carbocycles. The SMILES string of the molecule is COCCCOc1cc(C[C@@H](C[C@H](N)[C@@H](O)CNC(=O)[C@H](OC)C2CCCCC2)C(C)C)ccc1OC. The van der Waals surface area contributed by atoms with Gasteiger partial charge in [-0.05, 0) is 61.1 Å². The Labute approximate surface area is 223 Å². The minimum absolute atomic E-state index is 0.124. The number of aliphatic hydroxyl groups is 1. The van der Waals surface area contributed by atoms with E-state index in [9.17, 15) is 9.90 Å². The minimum atomic E-state index is -0.829. The van der Waals surface area contributed by atoms with Gasteiger partial charge in [-0.3, -0.25) is 4.79 Å². The molecule has 0 saturated heterocycles. The Morgan fingerprint density at radius 2 is 1.84 bits per heavy atom. The molecule has 1 saturated carbocycles. The van der Waals surface area contributed by atoms with Crippen molar-refractivity contribution in [2.24, 2.45) is 23.5 Å². The van der Waals surface area contributed by atoms with Crippen LogP contribution in [0.25, 0.3) is 0 Å². The van der Waals surface area contributed by atoms with E-state index in [0.717, 1.165) is 49.8 Å². The monoisotopic (exact) mass is 522 g/mol. The van der Waals surface area contributed by atoms with E-state index < -0.39 is 18.2 Å². The first-order chi connectivity index (χ1) is 17.8. The number of carbonyl (C=O) groups excluding carboxylic acids is 1. The van der Waals surface area contributed by atoms with Gasteiger partial charge in [0.25, 0.3) is 0 Å². The average Bonchev–Trinajstić information content (AvgIpc) is 2.90. The number of nitrogens with one attached hydrogen (secondary N) is 1. The van der Waals surface area contributed by atoms with Gasteiger partial charge in [-0.15, -0.1) is 0 Å². The molecule has 1 aromatic rings. The van der Waals surface area contributed by atoms with Crippen molar-refractivity contribution in [1.29, 1.82) is 0 Å². The van der Waals surface area contributed by atoms with Gasteiger partial charge in [0.15, 0.2) is 11.5 Å². The second kappa shape index (κ2) is 16.9. The van der Waals surface area contributed by atoms with E-state index in [4.69, 9.17) is 24.7 Å². The lowest BCUT2D eigenvalue weighted by molar-refractivity contribution is -0.135. The van der Waals surface area contributed by atoms with E-state index in [1.165, 1.54) is 6.42 Å². The van der Waals surface area contributed by atoms with Crippen molar-refractivity contribution in [3.05, 3.63) is 23.8 Å². The summed E-state index contributed by atoms with van der Waals surface area (Å²) in [5.41, 5.74) is 7.56. The number of nitrogens with two attached hydrogens (primary N) is 1. The van der Waals surface area contributed by atoms with Gasteiger partial charge in [-0.2, -0.15) is 0 Å². The van der Waals surface area contributed by atoms with Crippen molar-refractivity contribution in [1.82, 2.24) is 5.32 Å². The highest BCUT2D eigenvalue weighted by Gasteiger charge is 2.30. The molecule has 0 unspecified atom stereocenters. The fourth-order valence-electron chi connectivity index (χ4n) is 5.15. The molecule has 0 radical (unpaired) electrons. The first-order valence-electron chi connectivity index (χ1n) is 13.8. The summed E-state index contributed by atoms with van der Waals surface area (Å²) in [6.07, 6.45) is 6.46. The van der Waals surface area contributed by atoms with Crippen LogP contribution in [-0.2, 0) is 20.7 Å². The third-order valence-corrected chi connectivity index (χ3v) is 7.56. The molecule has 0 spiro atoms. The van der Waals surface area contributed by atoms with E-state index in [2.05, 4.69) is 25.2 Å². The Balaban J connectivity index is 1.92. The highest BCUT2D eigenvalue weighted by Crippen LogP contribution is 2.31. The quantitative estimate of drug-likeness (QED) is 0.267. The Bertz CT molecular complexity index is 784. The van der Waals surface area contributed by atoms with Crippen molar-refractivity contribution >= 4 is 5.91 Å². The van der Waals surface area contributed by atoms with Crippen molar-refractivity contribution in [3.8, 4) is 11.5 Å². The summed E-state index contributed by atoms with van der Waals surface area (Å²) in [4.78, 5) is 12.8. The van der Waals surface area contributed by atoms with Gasteiger partial charge < -0.3 is 35.1 Å². The van der Waals surface area contributed by atoms with Gasteiger partial charge in [0.2, 0.25) is 5.91 Å². The Morgan fingerprint density at radius 3 is 2.46 bits per heavy atom. The lowest BCUT2D eigenvalue weighted by atomic mass is 9.83. The first-order valence-corrected chi connectivity index (χ1v) is 13.8. The maximum absolute atomic E-state index is 12.8. The average molecular weight is 523 g/mol. The lowest BCUT2D eigenvalue weighted by Gasteiger charge is -2.30. The summed E-state index contributed by atoms with van der Waals surface area (Å²) in [7, 11) is 4.90. The largest absolute Gasteiger partial charge is 0.493 e. The summed E-state index contributed by atoms with van der Waals surface area (Å²) in [6.45, 7) is 5.66. The number of rotatable bonds is 17. The zero-order valence-corrected chi connectivity index (χ0v) is 23.5. The molecule has 212 valence electrons. The zero-order valence-electron chi connectivity index (χ0n) is 23.5. The number of methoxy groups -OCH3 is 3. The maximum Gasteiger partial charge on any atom is 0.249 e.